The van der Waals surface area contributed by atoms with Crippen molar-refractivity contribution in [3.63, 3.8) is 0 Å². The van der Waals surface area contributed by atoms with Gasteiger partial charge in [0.25, 0.3) is 0 Å². The molecule has 2 unspecified atom stereocenters. The van der Waals surface area contributed by atoms with E-state index in [0.717, 1.165) is 33.9 Å². The first-order chi connectivity index (χ1) is 16.8. The third kappa shape index (κ3) is 7.82. The van der Waals surface area contributed by atoms with Gasteiger partial charge in [-0.2, -0.15) is 4.36 Å². The summed E-state index contributed by atoms with van der Waals surface area (Å²) in [5.41, 5.74) is 3.83. The minimum absolute atomic E-state index is 0.272. The van der Waals surface area contributed by atoms with Crippen LogP contribution in [0.5, 0.6) is 11.5 Å². The molecule has 0 spiro atoms. The van der Waals surface area contributed by atoms with Crippen LogP contribution in [-0.4, -0.2) is 35.5 Å². The molecular formula is C27H33N3O4S. The number of rotatable bonds is 10. The van der Waals surface area contributed by atoms with Crippen LogP contribution in [-0.2, 0) is 27.6 Å². The number of nitrogens with zero attached hydrogens (tertiary/aromatic N) is 3. The molecule has 0 aliphatic rings. The van der Waals surface area contributed by atoms with E-state index in [9.17, 15) is 4.21 Å². The van der Waals surface area contributed by atoms with Crippen LogP contribution in [0, 0.1) is 6.92 Å². The van der Waals surface area contributed by atoms with Crippen molar-refractivity contribution in [1.29, 1.82) is 0 Å². The fourth-order valence-corrected chi connectivity index (χ4v) is 4.67. The summed E-state index contributed by atoms with van der Waals surface area (Å²) >= 11 is 0. The molecule has 35 heavy (non-hydrogen) atoms. The summed E-state index contributed by atoms with van der Waals surface area (Å²) in [6, 6.07) is 19.3. The molecule has 3 rings (SSSR count). The first-order valence-corrected chi connectivity index (χ1v) is 13.4. The fourth-order valence-electron chi connectivity index (χ4n) is 3.32. The molecule has 0 saturated heterocycles. The minimum atomic E-state index is -2.66. The highest BCUT2D eigenvalue weighted by Crippen LogP contribution is 2.23. The van der Waals surface area contributed by atoms with E-state index in [1.165, 1.54) is 0 Å². The molecule has 7 nitrogen and oxygen atoms in total. The Balaban J connectivity index is 1.80. The largest absolute Gasteiger partial charge is 0.497 e. The van der Waals surface area contributed by atoms with Crippen LogP contribution in [0.15, 0.2) is 76.4 Å². The summed E-state index contributed by atoms with van der Waals surface area (Å²) in [6.45, 7) is 4.09. The Hall–Kier alpha value is -3.39. The van der Waals surface area contributed by atoms with Gasteiger partial charge in [-0.3, -0.25) is 4.98 Å². The van der Waals surface area contributed by atoms with Gasteiger partial charge in [-0.1, -0.05) is 35.5 Å². The Morgan fingerprint density at radius 1 is 0.943 bits per heavy atom. The van der Waals surface area contributed by atoms with Gasteiger partial charge in [0, 0.05) is 24.6 Å². The summed E-state index contributed by atoms with van der Waals surface area (Å²) in [4.78, 5) is 9.96. The van der Waals surface area contributed by atoms with Crippen molar-refractivity contribution in [3.05, 3.63) is 89.2 Å². The van der Waals surface area contributed by atoms with Crippen molar-refractivity contribution in [2.45, 2.75) is 38.5 Å². The molecule has 0 amide bonds. The molecule has 0 radical (unpaired) electrons. The van der Waals surface area contributed by atoms with E-state index in [4.69, 9.17) is 14.3 Å². The molecule has 8 heteroatoms. The SMILES string of the molecule is COc1ccc(CC/C(N=S(C)(=O)C(C)c2ccc(C)nc2)=N/OCc2ccc(OC)cc2)cc1. The van der Waals surface area contributed by atoms with E-state index in [1.54, 1.807) is 26.7 Å². The number of hydrogen-bond acceptors (Lipinski definition) is 6. The van der Waals surface area contributed by atoms with Gasteiger partial charge >= 0.3 is 0 Å². The lowest BCUT2D eigenvalue weighted by Crippen LogP contribution is -2.12. The van der Waals surface area contributed by atoms with Gasteiger partial charge < -0.3 is 14.3 Å². The Bertz CT molecular complexity index is 1230. The first-order valence-electron chi connectivity index (χ1n) is 11.4. The molecule has 2 atom stereocenters. The molecule has 0 saturated carbocycles. The molecule has 2 aromatic carbocycles. The molecule has 0 fully saturated rings. The molecular weight excluding hydrogens is 462 g/mol. The molecule has 1 heterocycles. The Morgan fingerprint density at radius 3 is 2.09 bits per heavy atom. The first kappa shape index (κ1) is 26.2. The van der Waals surface area contributed by atoms with Crippen molar-refractivity contribution < 1.29 is 18.5 Å². The van der Waals surface area contributed by atoms with Gasteiger partial charge in [0.05, 0.1) is 29.2 Å². The van der Waals surface area contributed by atoms with Crippen LogP contribution in [0.4, 0.5) is 0 Å². The average Bonchev–Trinajstić information content (AvgIpc) is 2.87. The highest BCUT2D eigenvalue weighted by Gasteiger charge is 2.18. The predicted octanol–water partition coefficient (Wildman–Crippen LogP) is 5.73. The third-order valence-electron chi connectivity index (χ3n) is 5.70. The molecule has 0 aliphatic carbocycles. The Labute approximate surface area is 208 Å². The van der Waals surface area contributed by atoms with E-state index in [-0.39, 0.29) is 11.9 Å². The number of amidine groups is 1. The number of methoxy groups -OCH3 is 2. The monoisotopic (exact) mass is 495 g/mol. The molecule has 3 aromatic rings. The summed E-state index contributed by atoms with van der Waals surface area (Å²) in [5, 5.41) is 3.97. The van der Waals surface area contributed by atoms with E-state index >= 15 is 0 Å². The zero-order valence-electron chi connectivity index (χ0n) is 20.9. The smallest absolute Gasteiger partial charge is 0.177 e. The second-order valence-electron chi connectivity index (χ2n) is 8.30. The van der Waals surface area contributed by atoms with E-state index in [0.29, 0.717) is 18.7 Å². The van der Waals surface area contributed by atoms with Crippen molar-refractivity contribution in [2.24, 2.45) is 9.52 Å². The van der Waals surface area contributed by atoms with Gasteiger partial charge in [0.2, 0.25) is 0 Å². The summed E-state index contributed by atoms with van der Waals surface area (Å²) in [7, 11) is 0.611. The number of aryl methyl sites for hydroxylation is 2. The van der Waals surface area contributed by atoms with Crippen LogP contribution in [0.3, 0.4) is 0 Å². The molecule has 0 bridgehead atoms. The van der Waals surface area contributed by atoms with E-state index in [1.807, 2.05) is 74.5 Å². The highest BCUT2D eigenvalue weighted by atomic mass is 32.2. The van der Waals surface area contributed by atoms with Crippen LogP contribution < -0.4 is 9.47 Å². The van der Waals surface area contributed by atoms with Gasteiger partial charge in [-0.05, 0) is 67.3 Å². The lowest BCUT2D eigenvalue weighted by atomic mass is 10.1. The average molecular weight is 496 g/mol. The topological polar surface area (TPSA) is 82.4 Å². The van der Waals surface area contributed by atoms with Crippen LogP contribution in [0.2, 0.25) is 0 Å². The third-order valence-corrected chi connectivity index (χ3v) is 7.86. The number of oxime groups is 1. The maximum atomic E-state index is 13.6. The fraction of sp³-hybridized carbons (Fsp3) is 0.333. The Kier molecular flexibility index (Phi) is 9.25. The van der Waals surface area contributed by atoms with Gasteiger partial charge in [0.15, 0.2) is 5.84 Å². The van der Waals surface area contributed by atoms with E-state index in [2.05, 4.69) is 14.5 Å². The number of aromatic nitrogens is 1. The summed E-state index contributed by atoms with van der Waals surface area (Å²) < 4.78 is 28.6. The van der Waals surface area contributed by atoms with Crippen LogP contribution in [0.25, 0.3) is 0 Å². The summed E-state index contributed by atoms with van der Waals surface area (Å²) in [5.74, 6) is 1.98. The Morgan fingerprint density at radius 2 is 1.54 bits per heavy atom. The normalized spacial score (nSPS) is 14.0. The second kappa shape index (κ2) is 12.4. The second-order valence-corrected chi connectivity index (χ2v) is 10.9. The molecule has 186 valence electrons. The van der Waals surface area contributed by atoms with Crippen LogP contribution >= 0.6 is 0 Å². The van der Waals surface area contributed by atoms with Crippen molar-refractivity contribution in [1.82, 2.24) is 4.98 Å². The van der Waals surface area contributed by atoms with Gasteiger partial charge in [-0.15, -0.1) is 0 Å². The highest BCUT2D eigenvalue weighted by molar-refractivity contribution is 7.93. The van der Waals surface area contributed by atoms with Crippen molar-refractivity contribution in [2.75, 3.05) is 20.5 Å². The maximum Gasteiger partial charge on any atom is 0.177 e. The maximum absolute atomic E-state index is 13.6. The lowest BCUT2D eigenvalue weighted by Gasteiger charge is -2.15. The van der Waals surface area contributed by atoms with Crippen molar-refractivity contribution >= 4 is 15.6 Å². The number of ether oxygens (including phenoxy) is 2. The standard InChI is InChI=1S/C27H33N3O4S/c1-20-6-12-24(18-28-20)21(2)35(5,31)30-27(17-11-22-7-13-25(32-3)14-8-22)29-34-19-23-9-15-26(33-4)16-10-23/h6-10,12-16,18,21H,11,17,19H2,1-5H3/b29-27-. The van der Waals surface area contributed by atoms with Crippen molar-refractivity contribution in [3.8, 4) is 11.5 Å². The minimum Gasteiger partial charge on any atom is -0.497 e. The quantitative estimate of drug-likeness (QED) is 0.204. The molecule has 0 N–H and O–H groups in total. The number of pyridine rings is 1. The lowest BCUT2D eigenvalue weighted by molar-refractivity contribution is 0.129. The zero-order chi connectivity index (χ0) is 25.3. The predicted molar refractivity (Wildman–Crippen MR) is 140 cm³/mol. The van der Waals surface area contributed by atoms with E-state index < -0.39 is 9.73 Å². The molecule has 0 aliphatic heterocycles. The van der Waals surface area contributed by atoms with Gasteiger partial charge in [-0.25, -0.2) is 4.21 Å². The number of benzene rings is 2. The number of hydrogen-bond donors (Lipinski definition) is 0. The molecule has 1 aromatic heterocycles. The van der Waals surface area contributed by atoms with Gasteiger partial charge in [0.1, 0.15) is 18.1 Å². The summed E-state index contributed by atoms with van der Waals surface area (Å²) in [6.07, 6.45) is 4.57. The van der Waals surface area contributed by atoms with Crippen LogP contribution in [0.1, 0.15) is 41.0 Å². The zero-order valence-corrected chi connectivity index (χ0v) is 21.7.